The molecule has 1 unspecified atom stereocenters. The second-order valence-corrected chi connectivity index (χ2v) is 5.38. The highest BCUT2D eigenvalue weighted by Gasteiger charge is 2.25. The van der Waals surface area contributed by atoms with Crippen LogP contribution in [0, 0.1) is 5.92 Å². The van der Waals surface area contributed by atoms with E-state index in [1.54, 1.807) is 0 Å². The van der Waals surface area contributed by atoms with Gasteiger partial charge in [0.15, 0.2) is 0 Å². The Kier molecular flexibility index (Phi) is 5.31. The predicted molar refractivity (Wildman–Crippen MR) is 78.2 cm³/mol. The van der Waals surface area contributed by atoms with E-state index in [-0.39, 0.29) is 6.10 Å². The average Bonchev–Trinajstić information content (AvgIpc) is 2.45. The summed E-state index contributed by atoms with van der Waals surface area (Å²) in [7, 11) is 0. The molecule has 1 aromatic rings. The third-order valence-corrected chi connectivity index (χ3v) is 3.69. The minimum absolute atomic E-state index is 0.137. The van der Waals surface area contributed by atoms with Crippen molar-refractivity contribution in [3.63, 3.8) is 0 Å². The standard InChI is InChI=1S/C17H24O2/c1-14(2)19-17(15-9-5-3-6-10-15)13-18-16-11-7-4-8-12-16/h4,7-8,11-12,15,17H,1,3,5-6,9-10,13H2,2H3. The van der Waals surface area contributed by atoms with Gasteiger partial charge in [0, 0.05) is 0 Å². The molecule has 2 rings (SSSR count). The molecule has 1 aromatic carbocycles. The molecule has 19 heavy (non-hydrogen) atoms. The fraction of sp³-hybridized carbons (Fsp3) is 0.529. The smallest absolute Gasteiger partial charge is 0.135 e. The molecule has 0 N–H and O–H groups in total. The topological polar surface area (TPSA) is 18.5 Å². The van der Waals surface area contributed by atoms with Crippen LogP contribution in [0.5, 0.6) is 5.75 Å². The lowest BCUT2D eigenvalue weighted by molar-refractivity contribution is 0.0134. The zero-order valence-corrected chi connectivity index (χ0v) is 11.8. The van der Waals surface area contributed by atoms with E-state index in [9.17, 15) is 0 Å². The van der Waals surface area contributed by atoms with Crippen molar-refractivity contribution < 1.29 is 9.47 Å². The van der Waals surface area contributed by atoms with Gasteiger partial charge in [-0.2, -0.15) is 0 Å². The molecule has 104 valence electrons. The number of rotatable bonds is 6. The Balaban J connectivity index is 1.91. The Labute approximate surface area is 116 Å². The highest BCUT2D eigenvalue weighted by molar-refractivity contribution is 5.20. The molecular weight excluding hydrogens is 236 g/mol. The summed E-state index contributed by atoms with van der Waals surface area (Å²) in [5.74, 6) is 2.30. The summed E-state index contributed by atoms with van der Waals surface area (Å²) in [6.07, 6.45) is 6.61. The van der Waals surface area contributed by atoms with E-state index in [1.165, 1.54) is 32.1 Å². The Morgan fingerprint density at radius 2 is 1.89 bits per heavy atom. The lowest BCUT2D eigenvalue weighted by Crippen LogP contribution is -2.31. The van der Waals surface area contributed by atoms with Crippen LogP contribution in [0.1, 0.15) is 39.0 Å². The summed E-state index contributed by atoms with van der Waals surface area (Å²) in [4.78, 5) is 0. The van der Waals surface area contributed by atoms with Crippen LogP contribution in [0.25, 0.3) is 0 Å². The minimum Gasteiger partial charge on any atom is -0.492 e. The van der Waals surface area contributed by atoms with E-state index in [0.717, 1.165) is 11.5 Å². The van der Waals surface area contributed by atoms with Crippen molar-refractivity contribution in [2.24, 2.45) is 5.92 Å². The third-order valence-electron chi connectivity index (χ3n) is 3.69. The van der Waals surface area contributed by atoms with Crippen LogP contribution >= 0.6 is 0 Å². The molecule has 0 bridgehead atoms. The van der Waals surface area contributed by atoms with Crippen molar-refractivity contribution in [1.82, 2.24) is 0 Å². The van der Waals surface area contributed by atoms with E-state index < -0.39 is 0 Å². The van der Waals surface area contributed by atoms with Crippen molar-refractivity contribution in [3.8, 4) is 5.75 Å². The first kappa shape index (κ1) is 14.0. The van der Waals surface area contributed by atoms with Crippen molar-refractivity contribution in [1.29, 1.82) is 0 Å². The normalized spacial score (nSPS) is 17.7. The summed E-state index contributed by atoms with van der Waals surface area (Å²) in [6, 6.07) is 9.95. The van der Waals surface area contributed by atoms with Gasteiger partial charge in [0.1, 0.15) is 18.5 Å². The lowest BCUT2D eigenvalue weighted by atomic mass is 9.85. The Morgan fingerprint density at radius 3 is 2.53 bits per heavy atom. The van der Waals surface area contributed by atoms with Gasteiger partial charge >= 0.3 is 0 Å². The molecule has 0 amide bonds. The summed E-state index contributed by atoms with van der Waals surface area (Å²) >= 11 is 0. The molecule has 2 nitrogen and oxygen atoms in total. The molecule has 1 fully saturated rings. The summed E-state index contributed by atoms with van der Waals surface area (Å²) in [6.45, 7) is 6.39. The molecule has 0 aliphatic heterocycles. The van der Waals surface area contributed by atoms with E-state index in [0.29, 0.717) is 12.5 Å². The fourth-order valence-corrected chi connectivity index (χ4v) is 2.73. The average molecular weight is 260 g/mol. The number of hydrogen-bond acceptors (Lipinski definition) is 2. The van der Waals surface area contributed by atoms with Crippen molar-refractivity contribution in [2.75, 3.05) is 6.61 Å². The van der Waals surface area contributed by atoms with Gasteiger partial charge in [-0.15, -0.1) is 0 Å². The maximum Gasteiger partial charge on any atom is 0.135 e. The molecule has 2 heteroatoms. The molecule has 0 aromatic heterocycles. The van der Waals surface area contributed by atoms with Gasteiger partial charge in [0.25, 0.3) is 0 Å². The fourth-order valence-electron chi connectivity index (χ4n) is 2.73. The maximum absolute atomic E-state index is 5.89. The number of para-hydroxylation sites is 1. The number of hydrogen-bond donors (Lipinski definition) is 0. The third kappa shape index (κ3) is 4.62. The van der Waals surface area contributed by atoms with Crippen molar-refractivity contribution >= 4 is 0 Å². The highest BCUT2D eigenvalue weighted by atomic mass is 16.5. The maximum atomic E-state index is 5.89. The van der Waals surface area contributed by atoms with Gasteiger partial charge in [0.05, 0.1) is 5.76 Å². The highest BCUT2D eigenvalue weighted by Crippen LogP contribution is 2.29. The van der Waals surface area contributed by atoms with Crippen LogP contribution in [0.2, 0.25) is 0 Å². The van der Waals surface area contributed by atoms with E-state index in [1.807, 2.05) is 37.3 Å². The Bertz CT molecular complexity index is 380. The number of ether oxygens (including phenoxy) is 2. The second-order valence-electron chi connectivity index (χ2n) is 5.38. The van der Waals surface area contributed by atoms with Crippen LogP contribution in [-0.2, 0) is 4.74 Å². The van der Waals surface area contributed by atoms with Crippen LogP contribution in [0.4, 0.5) is 0 Å². The minimum atomic E-state index is 0.137. The predicted octanol–water partition coefficient (Wildman–Crippen LogP) is 4.56. The molecule has 0 radical (unpaired) electrons. The molecule has 1 aliphatic rings. The van der Waals surface area contributed by atoms with Gasteiger partial charge in [-0.1, -0.05) is 44.0 Å². The molecule has 1 aliphatic carbocycles. The van der Waals surface area contributed by atoms with Gasteiger partial charge in [-0.25, -0.2) is 0 Å². The summed E-state index contributed by atoms with van der Waals surface area (Å²) < 4.78 is 11.7. The first-order valence-electron chi connectivity index (χ1n) is 7.25. The van der Waals surface area contributed by atoms with Crippen molar-refractivity contribution in [3.05, 3.63) is 42.7 Å². The monoisotopic (exact) mass is 260 g/mol. The molecule has 1 saturated carbocycles. The molecule has 1 atom stereocenters. The molecule has 0 heterocycles. The molecule has 0 saturated heterocycles. The largest absolute Gasteiger partial charge is 0.492 e. The van der Waals surface area contributed by atoms with Gasteiger partial charge in [0.2, 0.25) is 0 Å². The van der Waals surface area contributed by atoms with Gasteiger partial charge in [-0.05, 0) is 37.8 Å². The first-order chi connectivity index (χ1) is 9.25. The number of benzene rings is 1. The van der Waals surface area contributed by atoms with Crippen LogP contribution in [-0.4, -0.2) is 12.7 Å². The van der Waals surface area contributed by atoms with Crippen LogP contribution in [0.15, 0.2) is 42.7 Å². The van der Waals surface area contributed by atoms with Crippen LogP contribution < -0.4 is 4.74 Å². The second kappa shape index (κ2) is 7.22. The van der Waals surface area contributed by atoms with Gasteiger partial charge in [-0.3, -0.25) is 0 Å². The Hall–Kier alpha value is -1.44. The van der Waals surface area contributed by atoms with Crippen LogP contribution in [0.3, 0.4) is 0 Å². The molecule has 0 spiro atoms. The summed E-state index contributed by atoms with van der Waals surface area (Å²) in [5, 5.41) is 0. The lowest BCUT2D eigenvalue weighted by Gasteiger charge is -2.30. The van der Waals surface area contributed by atoms with Crippen molar-refractivity contribution in [2.45, 2.75) is 45.1 Å². The number of allylic oxidation sites excluding steroid dienone is 1. The SMILES string of the molecule is C=C(C)OC(COc1ccccc1)C1CCCCC1. The van der Waals surface area contributed by atoms with E-state index in [2.05, 4.69) is 6.58 Å². The van der Waals surface area contributed by atoms with Gasteiger partial charge < -0.3 is 9.47 Å². The quantitative estimate of drug-likeness (QED) is 0.698. The van der Waals surface area contributed by atoms with E-state index >= 15 is 0 Å². The zero-order valence-electron chi connectivity index (χ0n) is 11.8. The summed E-state index contributed by atoms with van der Waals surface area (Å²) in [5.41, 5.74) is 0. The zero-order chi connectivity index (χ0) is 13.5. The first-order valence-corrected chi connectivity index (χ1v) is 7.25. The Morgan fingerprint density at radius 1 is 1.21 bits per heavy atom. The molecular formula is C17H24O2. The van der Waals surface area contributed by atoms with E-state index in [4.69, 9.17) is 9.47 Å².